The highest BCUT2D eigenvalue weighted by molar-refractivity contribution is 5.80. The zero-order valence-electron chi connectivity index (χ0n) is 14.9. The summed E-state index contributed by atoms with van der Waals surface area (Å²) in [6.07, 6.45) is 8.46. The number of rotatable bonds is 6. The predicted octanol–water partition coefficient (Wildman–Crippen LogP) is 0.752. The Hall–Kier alpha value is -1.89. The minimum atomic E-state index is 0.647. The Labute approximate surface area is 144 Å². The Morgan fingerprint density at radius 2 is 2.17 bits per heavy atom. The van der Waals surface area contributed by atoms with Crippen LogP contribution in [-0.4, -0.2) is 75.8 Å². The van der Waals surface area contributed by atoms with E-state index in [1.807, 2.05) is 0 Å². The van der Waals surface area contributed by atoms with Gasteiger partial charge in [-0.25, -0.2) is 0 Å². The summed E-state index contributed by atoms with van der Waals surface area (Å²) < 4.78 is 2.09. The van der Waals surface area contributed by atoms with Gasteiger partial charge in [0.2, 0.25) is 0 Å². The zero-order chi connectivity index (χ0) is 16.8. The highest BCUT2D eigenvalue weighted by atomic mass is 15.3. The van der Waals surface area contributed by atoms with E-state index >= 15 is 0 Å². The molecule has 0 saturated carbocycles. The van der Waals surface area contributed by atoms with Crippen LogP contribution in [0.3, 0.4) is 0 Å². The maximum atomic E-state index is 4.83. The van der Waals surface area contributed by atoms with Crippen molar-refractivity contribution in [3.63, 3.8) is 0 Å². The molecule has 0 radical (unpaired) electrons. The van der Waals surface area contributed by atoms with Crippen molar-refractivity contribution in [2.45, 2.75) is 39.3 Å². The molecule has 1 N–H and O–H groups in total. The van der Waals surface area contributed by atoms with Crippen molar-refractivity contribution in [3.8, 4) is 0 Å². The smallest absolute Gasteiger partial charge is 0.194 e. The van der Waals surface area contributed by atoms with Gasteiger partial charge in [0.1, 0.15) is 12.2 Å². The lowest BCUT2D eigenvalue weighted by Crippen LogP contribution is -2.43. The van der Waals surface area contributed by atoms with E-state index in [9.17, 15) is 0 Å². The summed E-state index contributed by atoms with van der Waals surface area (Å²) in [6.45, 7) is 11.1. The highest BCUT2D eigenvalue weighted by Gasteiger charge is 2.29. The third kappa shape index (κ3) is 3.95. The summed E-state index contributed by atoms with van der Waals surface area (Å²) in [6, 6.07) is 0.647. The van der Waals surface area contributed by atoms with Crippen molar-refractivity contribution >= 4 is 5.96 Å². The third-order valence-corrected chi connectivity index (χ3v) is 4.78. The van der Waals surface area contributed by atoms with Crippen LogP contribution in [0.2, 0.25) is 0 Å². The summed E-state index contributed by atoms with van der Waals surface area (Å²) in [5, 5.41) is 11.6. The Bertz CT molecular complexity index is 569. The second-order valence-corrected chi connectivity index (χ2v) is 6.34. The van der Waals surface area contributed by atoms with E-state index in [1.54, 1.807) is 6.33 Å². The molecule has 0 aliphatic carbocycles. The third-order valence-electron chi connectivity index (χ3n) is 4.78. The average molecular weight is 331 g/mol. The molecule has 3 heterocycles. The van der Waals surface area contributed by atoms with Gasteiger partial charge in [0, 0.05) is 51.7 Å². The van der Waals surface area contributed by atoms with E-state index in [1.165, 1.54) is 6.42 Å². The number of guanidine groups is 1. The minimum Gasteiger partial charge on any atom is -0.357 e. The maximum absolute atomic E-state index is 4.83. The Morgan fingerprint density at radius 1 is 1.33 bits per heavy atom. The summed E-state index contributed by atoms with van der Waals surface area (Å²) in [7, 11) is 0. The van der Waals surface area contributed by atoms with E-state index in [-0.39, 0.29) is 0 Å². The Kier molecular flexibility index (Phi) is 5.85. The van der Waals surface area contributed by atoms with E-state index in [4.69, 9.17) is 4.99 Å². The van der Waals surface area contributed by atoms with E-state index in [0.29, 0.717) is 6.04 Å². The van der Waals surface area contributed by atoms with Crippen LogP contribution in [0, 0.1) is 0 Å². The van der Waals surface area contributed by atoms with Gasteiger partial charge in [0.15, 0.2) is 5.96 Å². The SMILES string of the molecule is CCNC(=NCCn1cnnc1CC)N1CCC(N2CC=CC2)C1. The molecule has 1 aromatic heterocycles. The lowest BCUT2D eigenvalue weighted by Gasteiger charge is -2.25. The Morgan fingerprint density at radius 3 is 2.92 bits per heavy atom. The van der Waals surface area contributed by atoms with Crippen molar-refractivity contribution in [1.29, 1.82) is 0 Å². The van der Waals surface area contributed by atoms with Crippen molar-refractivity contribution < 1.29 is 0 Å². The van der Waals surface area contributed by atoms with Gasteiger partial charge in [-0.1, -0.05) is 19.1 Å². The van der Waals surface area contributed by atoms with Crippen LogP contribution >= 0.6 is 0 Å². The minimum absolute atomic E-state index is 0.647. The molecule has 1 fully saturated rings. The standard InChI is InChI=1S/C17H29N7/c1-3-16-21-20-14-24(16)12-8-19-17(18-4-2)23-11-7-15(13-23)22-9-5-6-10-22/h5-6,14-15H,3-4,7-13H2,1-2H3,(H,18,19). The number of hydrogen-bond donors (Lipinski definition) is 1. The van der Waals surface area contributed by atoms with Crippen molar-refractivity contribution in [1.82, 2.24) is 29.9 Å². The first-order valence-electron chi connectivity index (χ1n) is 9.10. The van der Waals surface area contributed by atoms with Crippen molar-refractivity contribution in [2.24, 2.45) is 4.99 Å². The quantitative estimate of drug-likeness (QED) is 0.474. The first-order chi connectivity index (χ1) is 11.8. The molecule has 1 atom stereocenters. The van der Waals surface area contributed by atoms with E-state index < -0.39 is 0 Å². The maximum Gasteiger partial charge on any atom is 0.194 e. The van der Waals surface area contributed by atoms with E-state index in [2.05, 4.69) is 55.9 Å². The summed E-state index contributed by atoms with van der Waals surface area (Å²) in [5.74, 6) is 2.07. The van der Waals surface area contributed by atoms with Gasteiger partial charge in [-0.3, -0.25) is 9.89 Å². The zero-order valence-corrected chi connectivity index (χ0v) is 14.9. The molecule has 0 aromatic carbocycles. The molecule has 132 valence electrons. The molecule has 7 heteroatoms. The monoisotopic (exact) mass is 331 g/mol. The topological polar surface area (TPSA) is 61.6 Å². The average Bonchev–Trinajstić information content (AvgIpc) is 3.33. The van der Waals surface area contributed by atoms with Gasteiger partial charge in [0.25, 0.3) is 0 Å². The number of hydrogen-bond acceptors (Lipinski definition) is 4. The summed E-state index contributed by atoms with van der Waals surface area (Å²) in [4.78, 5) is 9.78. The number of nitrogens with zero attached hydrogens (tertiary/aromatic N) is 6. The molecular weight excluding hydrogens is 302 g/mol. The van der Waals surface area contributed by atoms with Crippen LogP contribution in [0.25, 0.3) is 0 Å². The fraction of sp³-hybridized carbons (Fsp3) is 0.706. The first kappa shape index (κ1) is 17.0. The molecule has 3 rings (SSSR count). The highest BCUT2D eigenvalue weighted by Crippen LogP contribution is 2.17. The Balaban J connectivity index is 1.55. The second kappa shape index (κ2) is 8.28. The normalized spacial score (nSPS) is 21.8. The van der Waals surface area contributed by atoms with Crippen molar-refractivity contribution in [3.05, 3.63) is 24.3 Å². The summed E-state index contributed by atoms with van der Waals surface area (Å²) in [5.41, 5.74) is 0. The van der Waals surface area contributed by atoms with Crippen LogP contribution in [0.4, 0.5) is 0 Å². The molecule has 1 aromatic rings. The molecule has 1 saturated heterocycles. The predicted molar refractivity (Wildman–Crippen MR) is 96.1 cm³/mol. The largest absolute Gasteiger partial charge is 0.357 e. The molecule has 0 spiro atoms. The van der Waals surface area contributed by atoms with Crippen LogP contribution < -0.4 is 5.32 Å². The molecule has 2 aliphatic heterocycles. The van der Waals surface area contributed by atoms with Crippen LogP contribution in [0.1, 0.15) is 26.1 Å². The van der Waals surface area contributed by atoms with Crippen LogP contribution in [-0.2, 0) is 13.0 Å². The molecule has 2 aliphatic rings. The van der Waals surface area contributed by atoms with Gasteiger partial charge in [-0.05, 0) is 13.3 Å². The van der Waals surface area contributed by atoms with Gasteiger partial charge in [-0.2, -0.15) is 0 Å². The van der Waals surface area contributed by atoms with Crippen LogP contribution in [0.15, 0.2) is 23.5 Å². The number of aryl methyl sites for hydroxylation is 1. The van der Waals surface area contributed by atoms with Crippen LogP contribution in [0.5, 0.6) is 0 Å². The van der Waals surface area contributed by atoms with Gasteiger partial charge in [-0.15, -0.1) is 10.2 Å². The van der Waals surface area contributed by atoms with Gasteiger partial charge in [0.05, 0.1) is 6.54 Å². The number of aromatic nitrogens is 3. The molecule has 0 bridgehead atoms. The number of aliphatic imine (C=N–C) groups is 1. The second-order valence-electron chi connectivity index (χ2n) is 6.34. The van der Waals surface area contributed by atoms with Crippen molar-refractivity contribution in [2.75, 3.05) is 39.3 Å². The fourth-order valence-electron chi connectivity index (χ4n) is 3.45. The lowest BCUT2D eigenvalue weighted by molar-refractivity contribution is 0.259. The molecular formula is C17H29N7. The molecule has 7 nitrogen and oxygen atoms in total. The van der Waals surface area contributed by atoms with E-state index in [0.717, 1.165) is 64.0 Å². The van der Waals surface area contributed by atoms with Gasteiger partial charge >= 0.3 is 0 Å². The molecule has 1 unspecified atom stereocenters. The fourth-order valence-corrected chi connectivity index (χ4v) is 3.45. The van der Waals surface area contributed by atoms with Gasteiger partial charge < -0.3 is 14.8 Å². The number of likely N-dealkylation sites (tertiary alicyclic amines) is 1. The number of nitrogens with one attached hydrogen (secondary N) is 1. The lowest BCUT2D eigenvalue weighted by atomic mass is 10.2. The molecule has 24 heavy (non-hydrogen) atoms. The first-order valence-corrected chi connectivity index (χ1v) is 9.10. The summed E-state index contributed by atoms with van der Waals surface area (Å²) >= 11 is 0. The molecule has 0 amide bonds.